The summed E-state index contributed by atoms with van der Waals surface area (Å²) in [6.07, 6.45) is -8.21. The monoisotopic (exact) mass is 253 g/mol. The molecular formula is C10H8ClF4N. The van der Waals surface area contributed by atoms with Gasteiger partial charge < -0.3 is 0 Å². The summed E-state index contributed by atoms with van der Waals surface area (Å²) in [6.45, 7) is -0.0732. The third kappa shape index (κ3) is 3.81. The van der Waals surface area contributed by atoms with E-state index in [1.54, 1.807) is 30.3 Å². The number of rotatable bonds is 3. The van der Waals surface area contributed by atoms with Gasteiger partial charge >= 0.3 is 6.18 Å². The van der Waals surface area contributed by atoms with Gasteiger partial charge in [-0.3, -0.25) is 4.99 Å². The lowest BCUT2D eigenvalue weighted by Crippen LogP contribution is -2.29. The normalized spacial score (nSPS) is 14.9. The predicted molar refractivity (Wildman–Crippen MR) is 54.4 cm³/mol. The maximum atomic E-state index is 12.6. The molecule has 1 rings (SSSR count). The summed E-state index contributed by atoms with van der Waals surface area (Å²) in [6, 6.07) is 8.48. The second-order valence-electron chi connectivity index (χ2n) is 3.03. The summed E-state index contributed by atoms with van der Waals surface area (Å²) < 4.78 is 48.3. The molecule has 1 nitrogen and oxygen atoms in total. The number of halogens is 5. The molecule has 0 fully saturated rings. The Morgan fingerprint density at radius 2 is 1.81 bits per heavy atom. The van der Waals surface area contributed by atoms with Crippen LogP contribution in [0.25, 0.3) is 0 Å². The zero-order valence-corrected chi connectivity index (χ0v) is 8.76. The van der Waals surface area contributed by atoms with Gasteiger partial charge in [0.1, 0.15) is 5.17 Å². The fourth-order valence-electron chi connectivity index (χ4n) is 0.965. The van der Waals surface area contributed by atoms with E-state index in [0.717, 1.165) is 0 Å². The summed E-state index contributed by atoms with van der Waals surface area (Å²) in [7, 11) is 0. The molecule has 0 N–H and O–H groups in total. The molecule has 6 heteroatoms. The van der Waals surface area contributed by atoms with Gasteiger partial charge in [-0.2, -0.15) is 13.2 Å². The highest BCUT2D eigenvalue weighted by Crippen LogP contribution is 2.25. The van der Waals surface area contributed by atoms with Crippen LogP contribution >= 0.6 is 11.6 Å². The Labute approximate surface area is 94.8 Å². The molecular weight excluding hydrogens is 246 g/mol. The average molecular weight is 254 g/mol. The minimum Gasteiger partial charge on any atom is -0.270 e. The van der Waals surface area contributed by atoms with E-state index < -0.39 is 17.5 Å². The molecule has 1 atom stereocenters. The molecule has 0 saturated carbocycles. The topological polar surface area (TPSA) is 12.4 Å². The van der Waals surface area contributed by atoms with Gasteiger partial charge in [0.15, 0.2) is 0 Å². The van der Waals surface area contributed by atoms with Gasteiger partial charge in [0.2, 0.25) is 6.17 Å². The van der Waals surface area contributed by atoms with Crippen LogP contribution in [0.1, 0.15) is 5.56 Å². The fourth-order valence-corrected chi connectivity index (χ4v) is 1.15. The lowest BCUT2D eigenvalue weighted by Gasteiger charge is -2.10. The average Bonchev–Trinajstić information content (AvgIpc) is 2.25. The van der Waals surface area contributed by atoms with E-state index in [1.165, 1.54) is 0 Å². The molecule has 1 aromatic rings. The van der Waals surface area contributed by atoms with Crippen molar-refractivity contribution in [1.82, 2.24) is 0 Å². The van der Waals surface area contributed by atoms with Crippen LogP contribution in [0.15, 0.2) is 35.3 Å². The maximum absolute atomic E-state index is 12.6. The standard InChI is InChI=1S/C10H8ClF4N/c11-9(8(12)10(13,14)15)16-6-7-4-2-1-3-5-7/h1-5,8H,6H2. The number of aliphatic imine (C=N–C) groups is 1. The van der Waals surface area contributed by atoms with E-state index in [-0.39, 0.29) is 6.54 Å². The SMILES string of the molecule is FC(C(Cl)=NCc1ccccc1)C(F)(F)F. The smallest absolute Gasteiger partial charge is 0.270 e. The third-order valence-electron chi connectivity index (χ3n) is 1.75. The van der Waals surface area contributed by atoms with E-state index in [1.807, 2.05) is 0 Å². The van der Waals surface area contributed by atoms with Crippen LogP contribution < -0.4 is 0 Å². The Morgan fingerprint density at radius 3 is 2.31 bits per heavy atom. The summed E-state index contributed by atoms with van der Waals surface area (Å²) in [5.41, 5.74) is 0.662. The molecule has 0 saturated heterocycles. The lowest BCUT2D eigenvalue weighted by atomic mass is 10.2. The minimum absolute atomic E-state index is 0.0732. The zero-order valence-electron chi connectivity index (χ0n) is 8.01. The van der Waals surface area contributed by atoms with Crippen LogP contribution in [0, 0.1) is 0 Å². The first kappa shape index (κ1) is 13.0. The highest BCUT2D eigenvalue weighted by molar-refractivity contribution is 6.66. The van der Waals surface area contributed by atoms with Crippen LogP contribution in [0.2, 0.25) is 0 Å². The molecule has 1 unspecified atom stereocenters. The Morgan fingerprint density at radius 1 is 1.25 bits per heavy atom. The number of hydrogen-bond donors (Lipinski definition) is 0. The first-order chi connectivity index (χ1) is 7.41. The second kappa shape index (κ2) is 5.30. The zero-order chi connectivity index (χ0) is 12.2. The lowest BCUT2D eigenvalue weighted by molar-refractivity contribution is -0.159. The fraction of sp³-hybridized carbons (Fsp3) is 0.300. The molecule has 1 aromatic carbocycles. The predicted octanol–water partition coefficient (Wildman–Crippen LogP) is 3.72. The van der Waals surface area contributed by atoms with Crippen LogP contribution in [-0.4, -0.2) is 17.5 Å². The summed E-state index contributed by atoms with van der Waals surface area (Å²) in [4.78, 5) is 3.35. The Kier molecular flexibility index (Phi) is 4.29. The van der Waals surface area contributed by atoms with E-state index in [2.05, 4.69) is 4.99 Å². The maximum Gasteiger partial charge on any atom is 0.426 e. The van der Waals surface area contributed by atoms with Gasteiger partial charge in [-0.05, 0) is 5.56 Å². The molecule has 0 aromatic heterocycles. The van der Waals surface area contributed by atoms with Crippen molar-refractivity contribution in [3.05, 3.63) is 35.9 Å². The molecule has 0 spiro atoms. The number of benzene rings is 1. The minimum atomic E-state index is -5.00. The second-order valence-corrected chi connectivity index (χ2v) is 3.42. The van der Waals surface area contributed by atoms with Gasteiger partial charge in [-0.25, -0.2) is 4.39 Å². The molecule has 0 heterocycles. The number of alkyl halides is 4. The van der Waals surface area contributed by atoms with Crippen molar-refractivity contribution in [3.63, 3.8) is 0 Å². The van der Waals surface area contributed by atoms with Crippen LogP contribution in [0.3, 0.4) is 0 Å². The Hall–Kier alpha value is -1.10. The van der Waals surface area contributed by atoms with Crippen LogP contribution in [0.4, 0.5) is 17.6 Å². The Balaban J connectivity index is 2.65. The summed E-state index contributed by atoms with van der Waals surface area (Å²) in [5.74, 6) is 0. The quantitative estimate of drug-likeness (QED) is 0.575. The van der Waals surface area contributed by atoms with Crippen molar-refractivity contribution in [2.75, 3.05) is 0 Å². The van der Waals surface area contributed by atoms with Gasteiger partial charge in [0.25, 0.3) is 0 Å². The number of nitrogens with zero attached hydrogens (tertiary/aromatic N) is 1. The molecule has 0 radical (unpaired) electrons. The molecule has 16 heavy (non-hydrogen) atoms. The molecule has 0 aliphatic heterocycles. The van der Waals surface area contributed by atoms with Crippen molar-refractivity contribution < 1.29 is 17.6 Å². The first-order valence-electron chi connectivity index (χ1n) is 4.36. The molecule has 0 aliphatic carbocycles. The van der Waals surface area contributed by atoms with E-state index in [0.29, 0.717) is 5.56 Å². The van der Waals surface area contributed by atoms with Crippen molar-refractivity contribution in [3.8, 4) is 0 Å². The van der Waals surface area contributed by atoms with Gasteiger partial charge in [0.05, 0.1) is 6.54 Å². The van der Waals surface area contributed by atoms with Gasteiger partial charge in [-0.1, -0.05) is 41.9 Å². The van der Waals surface area contributed by atoms with E-state index in [4.69, 9.17) is 11.6 Å². The first-order valence-corrected chi connectivity index (χ1v) is 4.73. The molecule has 88 valence electrons. The van der Waals surface area contributed by atoms with Crippen molar-refractivity contribution >= 4 is 16.8 Å². The van der Waals surface area contributed by atoms with E-state index in [9.17, 15) is 17.6 Å². The highest BCUT2D eigenvalue weighted by Gasteiger charge is 2.43. The largest absolute Gasteiger partial charge is 0.426 e. The van der Waals surface area contributed by atoms with E-state index >= 15 is 0 Å². The Bertz CT molecular complexity index is 361. The van der Waals surface area contributed by atoms with Crippen molar-refractivity contribution in [2.45, 2.75) is 18.9 Å². The van der Waals surface area contributed by atoms with Gasteiger partial charge in [-0.15, -0.1) is 0 Å². The van der Waals surface area contributed by atoms with Gasteiger partial charge in [0, 0.05) is 0 Å². The summed E-state index contributed by atoms with van der Waals surface area (Å²) in [5, 5.41) is -1.07. The van der Waals surface area contributed by atoms with Crippen molar-refractivity contribution in [1.29, 1.82) is 0 Å². The van der Waals surface area contributed by atoms with Crippen LogP contribution in [0.5, 0.6) is 0 Å². The highest BCUT2D eigenvalue weighted by atomic mass is 35.5. The van der Waals surface area contributed by atoms with Crippen LogP contribution in [-0.2, 0) is 6.54 Å². The molecule has 0 amide bonds. The molecule has 0 aliphatic rings. The third-order valence-corrected chi connectivity index (χ3v) is 2.06. The van der Waals surface area contributed by atoms with Crippen molar-refractivity contribution in [2.24, 2.45) is 4.99 Å². The molecule has 0 bridgehead atoms. The number of hydrogen-bond acceptors (Lipinski definition) is 1. The summed E-state index contributed by atoms with van der Waals surface area (Å²) >= 11 is 5.12.